The van der Waals surface area contributed by atoms with Crippen molar-refractivity contribution in [2.24, 2.45) is 5.41 Å². The van der Waals surface area contributed by atoms with E-state index in [9.17, 15) is 26.3 Å². The minimum Gasteiger partial charge on any atom is -0.355 e. The van der Waals surface area contributed by atoms with Gasteiger partial charge in [0, 0.05) is 43.9 Å². The van der Waals surface area contributed by atoms with Gasteiger partial charge in [0.05, 0.1) is 18.1 Å². The van der Waals surface area contributed by atoms with Crippen molar-refractivity contribution >= 4 is 11.6 Å². The highest BCUT2D eigenvalue weighted by Crippen LogP contribution is 2.43. The fourth-order valence-electron chi connectivity index (χ4n) is 4.65. The van der Waals surface area contributed by atoms with Crippen LogP contribution in [-0.2, 0) is 12.7 Å². The van der Waals surface area contributed by atoms with Gasteiger partial charge >= 0.3 is 12.4 Å². The lowest BCUT2D eigenvalue weighted by Gasteiger charge is -2.48. The topological polar surface area (TPSA) is 75.9 Å². The number of aromatic nitrogens is 6. The molecule has 0 aromatic carbocycles. The quantitative estimate of drug-likeness (QED) is 0.508. The van der Waals surface area contributed by atoms with Crippen molar-refractivity contribution in [3.8, 4) is 11.4 Å². The molecular formula is C21H20F6N8. The van der Waals surface area contributed by atoms with Crippen molar-refractivity contribution in [3.63, 3.8) is 0 Å². The molecule has 0 radical (unpaired) electrons. The molecule has 0 atom stereocenters. The first kappa shape index (κ1) is 23.3. The van der Waals surface area contributed by atoms with Crippen molar-refractivity contribution in [2.45, 2.75) is 32.2 Å². The number of anilines is 2. The second-order valence-electron chi connectivity index (χ2n) is 8.94. The number of hydrogen-bond acceptors (Lipinski definition) is 7. The fourth-order valence-corrected chi connectivity index (χ4v) is 4.65. The Hall–Kier alpha value is -3.45. The van der Waals surface area contributed by atoms with Crippen LogP contribution in [0.1, 0.15) is 17.9 Å². The van der Waals surface area contributed by atoms with Gasteiger partial charge in [-0.1, -0.05) is 0 Å². The van der Waals surface area contributed by atoms with Gasteiger partial charge < -0.3 is 9.80 Å². The molecule has 3 aromatic rings. The molecule has 2 aliphatic heterocycles. The van der Waals surface area contributed by atoms with Crippen LogP contribution in [0.4, 0.5) is 38.0 Å². The highest BCUT2D eigenvalue weighted by molar-refractivity contribution is 5.56. The van der Waals surface area contributed by atoms with Crippen LogP contribution >= 0.6 is 0 Å². The van der Waals surface area contributed by atoms with E-state index in [2.05, 4.69) is 25.0 Å². The summed E-state index contributed by atoms with van der Waals surface area (Å²) in [6.45, 7) is 2.50. The lowest BCUT2D eigenvalue weighted by Crippen LogP contribution is -2.58. The van der Waals surface area contributed by atoms with Gasteiger partial charge in [0.25, 0.3) is 0 Å². The summed E-state index contributed by atoms with van der Waals surface area (Å²) < 4.78 is 78.8. The number of rotatable bonds is 4. The van der Waals surface area contributed by atoms with Crippen LogP contribution in [0.3, 0.4) is 0 Å². The average Bonchev–Trinajstić information content (AvgIpc) is 3.38. The number of aryl methyl sites for hydroxylation is 1. The average molecular weight is 498 g/mol. The minimum atomic E-state index is -4.55. The standard InChI is InChI=1S/C21H20F6N8/c1-13-30-16(21(25,26)27)6-17(31-13)34-10-19(11-34)3-5-33(9-19)18-8-28-7-14(32-18)15-2-4-29-35(15)12-20(22,23)24/h2,4,6-8H,3,5,9-12H2,1H3. The number of hydrogen-bond donors (Lipinski definition) is 0. The summed E-state index contributed by atoms with van der Waals surface area (Å²) in [5.74, 6) is 0.823. The van der Waals surface area contributed by atoms with E-state index >= 15 is 0 Å². The maximum Gasteiger partial charge on any atom is 0.433 e. The molecule has 1 spiro atoms. The molecule has 0 amide bonds. The fraction of sp³-hybridized carbons (Fsp3) is 0.476. The predicted molar refractivity (Wildman–Crippen MR) is 113 cm³/mol. The van der Waals surface area contributed by atoms with Crippen molar-refractivity contribution in [1.82, 2.24) is 29.7 Å². The third-order valence-corrected chi connectivity index (χ3v) is 6.18. The van der Waals surface area contributed by atoms with Gasteiger partial charge in [-0.05, 0) is 19.4 Å². The molecule has 2 fully saturated rings. The number of halogens is 6. The molecule has 0 unspecified atom stereocenters. The van der Waals surface area contributed by atoms with Gasteiger partial charge in [-0.25, -0.2) is 15.0 Å². The van der Waals surface area contributed by atoms with Crippen LogP contribution in [0.5, 0.6) is 0 Å². The third kappa shape index (κ3) is 4.73. The number of alkyl halides is 6. The van der Waals surface area contributed by atoms with E-state index in [1.54, 1.807) is 11.1 Å². The summed E-state index contributed by atoms with van der Waals surface area (Å²) in [7, 11) is 0. The van der Waals surface area contributed by atoms with E-state index in [0.717, 1.165) is 17.2 Å². The van der Waals surface area contributed by atoms with Gasteiger partial charge in [-0.15, -0.1) is 0 Å². The molecule has 0 bridgehead atoms. The molecule has 14 heteroatoms. The Morgan fingerprint density at radius 1 is 0.943 bits per heavy atom. The first-order valence-corrected chi connectivity index (χ1v) is 10.7. The SMILES string of the molecule is Cc1nc(N2CC3(CCN(c4cncc(-c5ccnn5CC(F)(F)F)n4)C3)C2)cc(C(F)(F)F)n1. The smallest absolute Gasteiger partial charge is 0.355 e. The third-order valence-electron chi connectivity index (χ3n) is 6.18. The summed E-state index contributed by atoms with van der Waals surface area (Å²) in [6.07, 6.45) is -3.96. The van der Waals surface area contributed by atoms with Gasteiger partial charge in [0.2, 0.25) is 0 Å². The molecular weight excluding hydrogens is 478 g/mol. The predicted octanol–water partition coefficient (Wildman–Crippen LogP) is 3.74. The Kier molecular flexibility index (Phi) is 5.36. The zero-order chi connectivity index (χ0) is 25.0. The minimum absolute atomic E-state index is 0.0562. The Labute approximate surface area is 195 Å². The van der Waals surface area contributed by atoms with Crippen LogP contribution in [0.2, 0.25) is 0 Å². The van der Waals surface area contributed by atoms with Gasteiger partial charge in [-0.3, -0.25) is 9.67 Å². The monoisotopic (exact) mass is 498 g/mol. The van der Waals surface area contributed by atoms with E-state index < -0.39 is 24.6 Å². The van der Waals surface area contributed by atoms with Gasteiger partial charge in [0.1, 0.15) is 35.4 Å². The van der Waals surface area contributed by atoms with E-state index in [-0.39, 0.29) is 28.4 Å². The molecule has 0 aliphatic carbocycles. The second kappa shape index (κ2) is 8.05. The molecule has 8 nitrogen and oxygen atoms in total. The van der Waals surface area contributed by atoms with Crippen molar-refractivity contribution < 1.29 is 26.3 Å². The largest absolute Gasteiger partial charge is 0.433 e. The van der Waals surface area contributed by atoms with Crippen LogP contribution in [0, 0.1) is 12.3 Å². The van der Waals surface area contributed by atoms with E-state index in [0.29, 0.717) is 32.0 Å². The lowest BCUT2D eigenvalue weighted by atomic mass is 9.79. The van der Waals surface area contributed by atoms with Crippen molar-refractivity contribution in [2.75, 3.05) is 36.0 Å². The lowest BCUT2D eigenvalue weighted by molar-refractivity contribution is -0.142. The van der Waals surface area contributed by atoms with Gasteiger partial charge in [-0.2, -0.15) is 31.4 Å². The Morgan fingerprint density at radius 3 is 2.40 bits per heavy atom. The highest BCUT2D eigenvalue weighted by atomic mass is 19.4. The summed E-state index contributed by atoms with van der Waals surface area (Å²) >= 11 is 0. The second-order valence-corrected chi connectivity index (χ2v) is 8.94. The maximum absolute atomic E-state index is 13.1. The number of nitrogens with zero attached hydrogens (tertiary/aromatic N) is 8. The van der Waals surface area contributed by atoms with Crippen LogP contribution in [0.15, 0.2) is 30.7 Å². The summed E-state index contributed by atoms with van der Waals surface area (Å²) in [6, 6.07) is 2.42. The Balaban J connectivity index is 1.29. The van der Waals surface area contributed by atoms with Gasteiger partial charge in [0.15, 0.2) is 0 Å². The van der Waals surface area contributed by atoms with Crippen LogP contribution in [-0.4, -0.2) is 62.1 Å². The Morgan fingerprint density at radius 2 is 1.69 bits per heavy atom. The highest BCUT2D eigenvalue weighted by Gasteiger charge is 2.49. The summed E-state index contributed by atoms with van der Waals surface area (Å²) in [4.78, 5) is 20.1. The maximum atomic E-state index is 13.1. The molecule has 5 heterocycles. The molecule has 186 valence electrons. The summed E-state index contributed by atoms with van der Waals surface area (Å²) in [5, 5.41) is 3.74. The van der Waals surface area contributed by atoms with Crippen molar-refractivity contribution in [1.29, 1.82) is 0 Å². The normalized spacial score (nSPS) is 17.8. The van der Waals surface area contributed by atoms with Crippen molar-refractivity contribution in [3.05, 3.63) is 42.2 Å². The first-order valence-electron chi connectivity index (χ1n) is 10.7. The van der Waals surface area contributed by atoms with E-state index in [1.165, 1.54) is 25.4 Å². The van der Waals surface area contributed by atoms with Crippen LogP contribution in [0.25, 0.3) is 11.4 Å². The molecule has 3 aromatic heterocycles. The van der Waals surface area contributed by atoms with Crippen LogP contribution < -0.4 is 9.80 Å². The molecule has 2 aliphatic rings. The van der Waals surface area contributed by atoms with E-state index in [4.69, 9.17) is 0 Å². The molecule has 2 saturated heterocycles. The molecule has 5 rings (SSSR count). The zero-order valence-corrected chi connectivity index (χ0v) is 18.5. The molecule has 0 N–H and O–H groups in total. The van der Waals surface area contributed by atoms with E-state index in [1.807, 2.05) is 4.90 Å². The first-order chi connectivity index (χ1) is 16.4. The Bertz CT molecular complexity index is 1230. The zero-order valence-electron chi connectivity index (χ0n) is 18.5. The molecule has 0 saturated carbocycles. The molecule has 35 heavy (non-hydrogen) atoms. The summed E-state index contributed by atoms with van der Waals surface area (Å²) in [5.41, 5.74) is -0.630.